The fourth-order valence-electron chi connectivity index (χ4n) is 2.53. The van der Waals surface area contributed by atoms with Gasteiger partial charge in [-0.1, -0.05) is 30.4 Å². The third-order valence-electron chi connectivity index (χ3n) is 3.53. The lowest BCUT2D eigenvalue weighted by Gasteiger charge is -2.50. The summed E-state index contributed by atoms with van der Waals surface area (Å²) in [4.78, 5) is 0. The highest BCUT2D eigenvalue weighted by Crippen LogP contribution is 2.64. The Kier molecular flexibility index (Phi) is 2.52. The predicted octanol–water partition coefficient (Wildman–Crippen LogP) is 2.13. The van der Waals surface area contributed by atoms with Crippen LogP contribution < -0.4 is 0 Å². The average Bonchev–Trinajstić information content (AvgIpc) is 2.37. The number of nitrogens with zero attached hydrogens (tertiary/aromatic N) is 4. The summed E-state index contributed by atoms with van der Waals surface area (Å²) in [6, 6.07) is 7.49. The van der Waals surface area contributed by atoms with Crippen LogP contribution in [0.2, 0.25) is 0 Å². The van der Waals surface area contributed by atoms with E-state index in [0.717, 1.165) is 0 Å². The Labute approximate surface area is 105 Å². The molecule has 4 heteroatoms. The van der Waals surface area contributed by atoms with Gasteiger partial charge >= 0.3 is 0 Å². The summed E-state index contributed by atoms with van der Waals surface area (Å²) in [5, 5.41) is 37.1. The van der Waals surface area contributed by atoms with Crippen molar-refractivity contribution in [1.29, 1.82) is 21.0 Å². The van der Waals surface area contributed by atoms with Crippen molar-refractivity contribution >= 4 is 0 Å². The molecule has 2 rings (SSSR count). The molecule has 1 unspecified atom stereocenters. The summed E-state index contributed by atoms with van der Waals surface area (Å²) >= 11 is 0. The minimum absolute atomic E-state index is 0.475. The van der Waals surface area contributed by atoms with E-state index >= 15 is 0 Å². The van der Waals surface area contributed by atoms with E-state index in [1.165, 1.54) is 0 Å². The van der Waals surface area contributed by atoms with E-state index in [4.69, 9.17) is 0 Å². The minimum Gasteiger partial charge on any atom is -0.196 e. The number of fused-ring (bicyclic) bond motifs is 1. The van der Waals surface area contributed by atoms with Crippen LogP contribution >= 0.6 is 0 Å². The molecule has 0 aliphatic heterocycles. The lowest BCUT2D eigenvalue weighted by molar-refractivity contribution is 0.171. The molecule has 84 valence electrons. The van der Waals surface area contributed by atoms with Gasteiger partial charge in [0.1, 0.15) is 0 Å². The zero-order valence-corrected chi connectivity index (χ0v) is 9.46. The van der Waals surface area contributed by atoms with E-state index in [1.807, 2.05) is 36.4 Å². The van der Waals surface area contributed by atoms with Gasteiger partial charge in [0.2, 0.25) is 0 Å². The Morgan fingerprint density at radius 3 is 2.22 bits per heavy atom. The maximum Gasteiger partial charge on any atom is 0.198 e. The molecule has 1 atom stereocenters. The molecule has 1 saturated carbocycles. The van der Waals surface area contributed by atoms with Crippen molar-refractivity contribution in [1.82, 2.24) is 0 Å². The van der Waals surface area contributed by atoms with E-state index in [-0.39, 0.29) is 0 Å². The van der Waals surface area contributed by atoms with Gasteiger partial charge in [0.05, 0.1) is 24.3 Å². The van der Waals surface area contributed by atoms with Crippen LogP contribution in [0.4, 0.5) is 0 Å². The van der Waals surface area contributed by atoms with Gasteiger partial charge in [-0.05, 0) is 12.0 Å². The van der Waals surface area contributed by atoms with Crippen molar-refractivity contribution in [3.8, 4) is 24.3 Å². The van der Waals surface area contributed by atoms with Crippen LogP contribution in [0, 0.1) is 62.1 Å². The lowest BCUT2D eigenvalue weighted by atomic mass is 9.42. The zero-order chi connectivity index (χ0) is 13.2. The maximum atomic E-state index is 9.28. The highest BCUT2D eigenvalue weighted by atomic mass is 14.7. The zero-order valence-electron chi connectivity index (χ0n) is 9.46. The van der Waals surface area contributed by atoms with Crippen LogP contribution in [-0.4, -0.2) is 0 Å². The van der Waals surface area contributed by atoms with Crippen LogP contribution in [0.25, 0.3) is 0 Å². The highest BCUT2D eigenvalue weighted by molar-refractivity contribution is 5.60. The van der Waals surface area contributed by atoms with Crippen LogP contribution in [0.5, 0.6) is 0 Å². The lowest BCUT2D eigenvalue weighted by Crippen LogP contribution is -2.57. The second-order valence-electron chi connectivity index (χ2n) is 4.20. The van der Waals surface area contributed by atoms with Crippen LogP contribution in [0.1, 0.15) is 6.42 Å². The van der Waals surface area contributed by atoms with Crippen molar-refractivity contribution in [2.24, 2.45) is 16.7 Å². The Bertz CT molecular complexity index is 609. The van der Waals surface area contributed by atoms with Gasteiger partial charge in [-0.2, -0.15) is 21.0 Å². The van der Waals surface area contributed by atoms with Gasteiger partial charge in [0.25, 0.3) is 0 Å². The van der Waals surface area contributed by atoms with E-state index in [2.05, 4.69) is 0 Å². The normalized spacial score (nSPS) is 32.0. The number of hydrogen-bond donors (Lipinski definition) is 0. The molecule has 0 bridgehead atoms. The second-order valence-corrected chi connectivity index (χ2v) is 4.20. The molecule has 0 amide bonds. The molecule has 18 heavy (non-hydrogen) atoms. The quantitative estimate of drug-likeness (QED) is 0.597. The van der Waals surface area contributed by atoms with Crippen molar-refractivity contribution in [2.45, 2.75) is 6.42 Å². The topological polar surface area (TPSA) is 95.2 Å². The van der Waals surface area contributed by atoms with Gasteiger partial charge in [-0.15, -0.1) is 0 Å². The van der Waals surface area contributed by atoms with Crippen LogP contribution in [0.15, 0.2) is 36.0 Å². The number of rotatable bonds is 0. The molecule has 0 heterocycles. The summed E-state index contributed by atoms with van der Waals surface area (Å²) in [5.74, 6) is -0.475. The Hall–Kier alpha value is -2.82. The summed E-state index contributed by atoms with van der Waals surface area (Å²) in [5.41, 5.74) is -2.74. The van der Waals surface area contributed by atoms with E-state index in [1.54, 1.807) is 18.2 Å². The summed E-state index contributed by atoms with van der Waals surface area (Å²) in [7, 11) is 0. The van der Waals surface area contributed by atoms with E-state index in [9.17, 15) is 21.0 Å². The molecule has 0 aromatic carbocycles. The first-order chi connectivity index (χ1) is 8.72. The van der Waals surface area contributed by atoms with Gasteiger partial charge in [0, 0.05) is 5.92 Å². The SMILES string of the molecule is N#CC1(C#N)/C2=C/C=C\C/C=C\C2C1(C#N)C#N. The maximum absolute atomic E-state index is 9.28. The molecule has 4 nitrogen and oxygen atoms in total. The smallest absolute Gasteiger partial charge is 0.196 e. The van der Waals surface area contributed by atoms with Gasteiger partial charge in [-0.25, -0.2) is 0 Å². The molecular weight excluding hydrogens is 224 g/mol. The van der Waals surface area contributed by atoms with Crippen molar-refractivity contribution in [3.05, 3.63) is 36.0 Å². The third-order valence-corrected chi connectivity index (χ3v) is 3.53. The largest absolute Gasteiger partial charge is 0.198 e. The summed E-state index contributed by atoms with van der Waals surface area (Å²) in [6.45, 7) is 0. The molecule has 0 aromatic heterocycles. The first-order valence-corrected chi connectivity index (χ1v) is 5.41. The van der Waals surface area contributed by atoms with Gasteiger partial charge in [0.15, 0.2) is 10.8 Å². The molecule has 2 aliphatic rings. The fraction of sp³-hybridized carbons (Fsp3) is 0.286. The van der Waals surface area contributed by atoms with Crippen molar-refractivity contribution in [3.63, 3.8) is 0 Å². The monoisotopic (exact) mass is 232 g/mol. The van der Waals surface area contributed by atoms with Crippen molar-refractivity contribution < 1.29 is 0 Å². The van der Waals surface area contributed by atoms with Gasteiger partial charge < -0.3 is 0 Å². The molecule has 0 spiro atoms. The van der Waals surface area contributed by atoms with Crippen LogP contribution in [-0.2, 0) is 0 Å². The van der Waals surface area contributed by atoms with Crippen molar-refractivity contribution in [2.75, 3.05) is 0 Å². The van der Waals surface area contributed by atoms with E-state index < -0.39 is 16.7 Å². The third kappa shape index (κ3) is 1.05. The Morgan fingerprint density at radius 1 is 1.00 bits per heavy atom. The molecule has 2 aliphatic carbocycles. The van der Waals surface area contributed by atoms with Gasteiger partial charge in [-0.3, -0.25) is 0 Å². The molecular formula is C14H8N4. The molecule has 0 saturated heterocycles. The van der Waals surface area contributed by atoms with Crippen LogP contribution in [0.3, 0.4) is 0 Å². The Morgan fingerprint density at radius 2 is 1.67 bits per heavy atom. The van der Waals surface area contributed by atoms with E-state index in [0.29, 0.717) is 12.0 Å². The molecule has 1 fully saturated rings. The summed E-state index contributed by atoms with van der Waals surface area (Å²) in [6.07, 6.45) is 9.61. The Balaban J connectivity index is 2.72. The number of allylic oxidation sites excluding steroid dienone is 6. The molecule has 0 aromatic rings. The minimum atomic E-state index is -1.66. The number of nitriles is 4. The number of hydrogen-bond acceptors (Lipinski definition) is 4. The standard InChI is InChI=1S/C14H8N4/c15-7-13(8-16)11-5-3-1-2-4-6-12(11)14(13,9-17)10-18/h1,3-6,12H,2H2/b3-1-,6-4-,11-5+. The average molecular weight is 232 g/mol. The second kappa shape index (κ2) is 3.89. The first-order valence-electron chi connectivity index (χ1n) is 5.41. The molecule has 0 radical (unpaired) electrons. The highest BCUT2D eigenvalue weighted by Gasteiger charge is 2.71. The first kappa shape index (κ1) is 11.7. The summed E-state index contributed by atoms with van der Waals surface area (Å²) < 4.78 is 0. The predicted molar refractivity (Wildman–Crippen MR) is 61.8 cm³/mol. The molecule has 0 N–H and O–H groups in total. The fourth-order valence-corrected chi connectivity index (χ4v) is 2.53.